The molecule has 1 aromatic heterocycles. The summed E-state index contributed by atoms with van der Waals surface area (Å²) in [6.45, 7) is 5.13. The van der Waals surface area contributed by atoms with Crippen LogP contribution in [0.2, 0.25) is 0 Å². The van der Waals surface area contributed by atoms with Crippen LogP contribution in [0.1, 0.15) is 45.1 Å². The molecule has 5 rings (SSSR count). The summed E-state index contributed by atoms with van der Waals surface area (Å²) in [6.07, 6.45) is 4.05. The van der Waals surface area contributed by atoms with E-state index in [1.807, 2.05) is 6.07 Å². The first-order valence-corrected chi connectivity index (χ1v) is 13.5. The number of benzene rings is 1. The predicted molar refractivity (Wildman–Crippen MR) is 120 cm³/mol. The number of halogens is 1. The maximum Gasteiger partial charge on any atom is 0.346 e. The highest BCUT2D eigenvalue weighted by atomic mass is 32.2. The number of sulfone groups is 1. The van der Waals surface area contributed by atoms with Gasteiger partial charge in [-0.1, -0.05) is 25.1 Å². The average Bonchev–Trinajstić information content (AvgIpc) is 3.13. The van der Waals surface area contributed by atoms with Crippen molar-refractivity contribution in [1.82, 2.24) is 19.2 Å². The lowest BCUT2D eigenvalue weighted by molar-refractivity contribution is 0.0305. The highest BCUT2D eigenvalue weighted by Crippen LogP contribution is 2.70. The molecule has 0 bridgehead atoms. The Labute approximate surface area is 193 Å². The Hall–Kier alpha value is -2.04. The number of rotatable bonds is 10. The zero-order valence-corrected chi connectivity index (χ0v) is 19.9. The van der Waals surface area contributed by atoms with E-state index in [0.717, 1.165) is 25.8 Å². The summed E-state index contributed by atoms with van der Waals surface area (Å²) in [5.74, 6) is -0.304. The summed E-state index contributed by atoms with van der Waals surface area (Å²) >= 11 is 0. The quantitative estimate of drug-likeness (QED) is 0.521. The fraction of sp³-hybridized carbons (Fsp3) is 0.652. The molecule has 1 spiro atoms. The van der Waals surface area contributed by atoms with Crippen LogP contribution in [0.3, 0.4) is 0 Å². The number of nitrogens with zero attached hydrogens (tertiary/aromatic N) is 4. The fourth-order valence-electron chi connectivity index (χ4n) is 5.92. The van der Waals surface area contributed by atoms with Crippen LogP contribution in [0.15, 0.2) is 34.2 Å². The summed E-state index contributed by atoms with van der Waals surface area (Å²) in [6, 6.07) is 7.80. The van der Waals surface area contributed by atoms with E-state index in [4.69, 9.17) is 4.74 Å². The van der Waals surface area contributed by atoms with Gasteiger partial charge in [0.05, 0.1) is 18.5 Å². The monoisotopic (exact) mass is 478 g/mol. The number of ether oxygens (including phenoxy) is 1. The van der Waals surface area contributed by atoms with Gasteiger partial charge in [0.15, 0.2) is 0 Å². The molecule has 3 aliphatic rings. The summed E-state index contributed by atoms with van der Waals surface area (Å²) in [5, 5.41) is 4.01. The van der Waals surface area contributed by atoms with Crippen LogP contribution in [-0.2, 0) is 34.3 Å². The van der Waals surface area contributed by atoms with Gasteiger partial charge in [-0.25, -0.2) is 22.3 Å². The molecule has 0 amide bonds. The van der Waals surface area contributed by atoms with E-state index in [1.165, 1.54) is 21.7 Å². The summed E-state index contributed by atoms with van der Waals surface area (Å²) in [4.78, 5) is 15.1. The Morgan fingerprint density at radius 2 is 1.97 bits per heavy atom. The van der Waals surface area contributed by atoms with Gasteiger partial charge in [0.25, 0.3) is 0 Å². The van der Waals surface area contributed by atoms with E-state index >= 15 is 0 Å². The molecule has 2 aromatic rings. The molecular weight excluding hydrogens is 447 g/mol. The molecule has 0 radical (unpaired) electrons. The topological polar surface area (TPSA) is 86.4 Å². The van der Waals surface area contributed by atoms with Gasteiger partial charge in [0.2, 0.25) is 15.0 Å². The molecule has 3 fully saturated rings. The average molecular weight is 479 g/mol. The van der Waals surface area contributed by atoms with Gasteiger partial charge in [-0.05, 0) is 38.7 Å². The second-order valence-electron chi connectivity index (χ2n) is 9.46. The standard InChI is InChI=1S/C23H31FN4O4S/c1-3-26-21(33(30,31)4-2)25-28(22(26)29)11-7-10-27-19-12-17(13-23(19)14-20(23)27)32-15-16-8-5-6-9-18(16)24/h5-6,8-9,17,19-20H,3-4,7,10-15H2,1-2H3. The largest absolute Gasteiger partial charge is 0.373 e. The number of hydrogen-bond donors (Lipinski definition) is 0. The minimum absolute atomic E-state index is 0.0805. The van der Waals surface area contributed by atoms with Crippen molar-refractivity contribution < 1.29 is 17.5 Å². The van der Waals surface area contributed by atoms with Crippen molar-refractivity contribution in [1.29, 1.82) is 0 Å². The van der Waals surface area contributed by atoms with Crippen molar-refractivity contribution in [3.05, 3.63) is 46.1 Å². The smallest absolute Gasteiger partial charge is 0.346 e. The molecule has 180 valence electrons. The Morgan fingerprint density at radius 1 is 1.18 bits per heavy atom. The molecule has 1 aromatic carbocycles. The molecule has 33 heavy (non-hydrogen) atoms. The highest BCUT2D eigenvalue weighted by molar-refractivity contribution is 7.91. The van der Waals surface area contributed by atoms with Gasteiger partial charge in [-0.15, -0.1) is 5.10 Å². The van der Waals surface area contributed by atoms with E-state index < -0.39 is 9.84 Å². The molecule has 4 unspecified atom stereocenters. The Bertz CT molecular complexity index is 1210. The first-order chi connectivity index (χ1) is 15.8. The normalized spacial score (nSPS) is 28.4. The second kappa shape index (κ2) is 8.32. The van der Waals surface area contributed by atoms with E-state index in [-0.39, 0.29) is 35.1 Å². The van der Waals surface area contributed by atoms with Crippen molar-refractivity contribution in [2.45, 2.75) is 82.6 Å². The van der Waals surface area contributed by atoms with Crippen molar-refractivity contribution in [3.63, 3.8) is 0 Å². The first kappa shape index (κ1) is 22.7. The third kappa shape index (κ3) is 3.76. The fourth-order valence-corrected chi connectivity index (χ4v) is 6.94. The van der Waals surface area contributed by atoms with E-state index in [0.29, 0.717) is 36.2 Å². The van der Waals surface area contributed by atoms with Crippen LogP contribution in [0, 0.1) is 11.2 Å². The number of aryl methyl sites for hydroxylation is 1. The third-order valence-corrected chi connectivity index (χ3v) is 9.34. The molecule has 0 N–H and O–H groups in total. The highest BCUT2D eigenvalue weighted by Gasteiger charge is 2.75. The van der Waals surface area contributed by atoms with Crippen LogP contribution in [-0.4, -0.2) is 58.2 Å². The minimum Gasteiger partial charge on any atom is -0.373 e. The molecular formula is C23H31FN4O4S. The van der Waals surface area contributed by atoms with E-state index in [9.17, 15) is 17.6 Å². The molecule has 8 nitrogen and oxygen atoms in total. The zero-order valence-electron chi connectivity index (χ0n) is 19.1. The van der Waals surface area contributed by atoms with Crippen molar-refractivity contribution >= 4 is 9.84 Å². The summed E-state index contributed by atoms with van der Waals surface area (Å²) in [7, 11) is -3.54. The van der Waals surface area contributed by atoms with E-state index in [1.54, 1.807) is 26.0 Å². The maximum atomic E-state index is 13.9. The molecule has 2 heterocycles. The predicted octanol–water partition coefficient (Wildman–Crippen LogP) is 2.21. The molecule has 1 saturated heterocycles. The van der Waals surface area contributed by atoms with Crippen LogP contribution in [0.5, 0.6) is 0 Å². The van der Waals surface area contributed by atoms with Crippen molar-refractivity contribution in [2.24, 2.45) is 5.41 Å². The SMILES string of the molecule is CCn1c(S(=O)(=O)CC)nn(CCCN2C3CC(OCc4ccccc4F)CC34CC24)c1=O. The van der Waals surface area contributed by atoms with E-state index in [2.05, 4.69) is 10.00 Å². The van der Waals surface area contributed by atoms with Crippen LogP contribution < -0.4 is 5.69 Å². The number of hydrogen-bond acceptors (Lipinski definition) is 6. The van der Waals surface area contributed by atoms with Crippen molar-refractivity contribution in [3.8, 4) is 0 Å². The van der Waals surface area contributed by atoms with Gasteiger partial charge < -0.3 is 4.74 Å². The lowest BCUT2D eigenvalue weighted by Crippen LogP contribution is -2.53. The summed E-state index contributed by atoms with van der Waals surface area (Å²) < 4.78 is 47.0. The minimum atomic E-state index is -3.54. The lowest BCUT2D eigenvalue weighted by atomic mass is 9.90. The van der Waals surface area contributed by atoms with Gasteiger partial charge >= 0.3 is 5.69 Å². The van der Waals surface area contributed by atoms with Crippen LogP contribution in [0.25, 0.3) is 0 Å². The number of likely N-dealkylation sites (tertiary alicyclic amines) is 1. The Balaban J connectivity index is 1.16. The zero-order chi connectivity index (χ0) is 23.4. The molecule has 10 heteroatoms. The van der Waals surface area contributed by atoms with Gasteiger partial charge in [-0.3, -0.25) is 9.47 Å². The maximum absolute atomic E-state index is 13.9. The molecule has 2 aliphatic carbocycles. The van der Waals surface area contributed by atoms with Crippen molar-refractivity contribution in [2.75, 3.05) is 12.3 Å². The number of aromatic nitrogens is 3. The summed E-state index contributed by atoms with van der Waals surface area (Å²) in [5.41, 5.74) is 0.597. The first-order valence-electron chi connectivity index (χ1n) is 11.8. The molecule has 2 saturated carbocycles. The Kier molecular flexibility index (Phi) is 5.73. The molecule has 1 aliphatic heterocycles. The Morgan fingerprint density at radius 3 is 2.70 bits per heavy atom. The van der Waals surface area contributed by atoms with Crippen LogP contribution >= 0.6 is 0 Å². The van der Waals surface area contributed by atoms with Crippen LogP contribution in [0.4, 0.5) is 4.39 Å². The lowest BCUT2D eigenvalue weighted by Gasteiger charge is -2.43. The van der Waals surface area contributed by atoms with Gasteiger partial charge in [-0.2, -0.15) is 0 Å². The van der Waals surface area contributed by atoms with Gasteiger partial charge in [0, 0.05) is 42.7 Å². The third-order valence-electron chi connectivity index (χ3n) is 7.72. The molecule has 4 atom stereocenters. The second-order valence-corrected chi connectivity index (χ2v) is 11.6. The van der Waals surface area contributed by atoms with Gasteiger partial charge in [0.1, 0.15) is 5.82 Å².